The molecule has 0 bridgehead atoms. The Bertz CT molecular complexity index is 430. The van der Waals surface area contributed by atoms with Crippen LogP contribution < -0.4 is 4.74 Å². The van der Waals surface area contributed by atoms with E-state index >= 15 is 0 Å². The van der Waals surface area contributed by atoms with Gasteiger partial charge in [-0.05, 0) is 37.3 Å². The van der Waals surface area contributed by atoms with Gasteiger partial charge in [-0.3, -0.25) is 0 Å². The van der Waals surface area contributed by atoms with Gasteiger partial charge in [-0.25, -0.2) is 4.79 Å². The maximum absolute atomic E-state index is 12.0. The number of rotatable bonds is 4. The van der Waals surface area contributed by atoms with E-state index in [2.05, 4.69) is 0 Å². The lowest BCUT2D eigenvalue weighted by molar-refractivity contribution is 0.0520. The van der Waals surface area contributed by atoms with Gasteiger partial charge in [0.25, 0.3) is 0 Å². The molecule has 1 aromatic rings. The summed E-state index contributed by atoms with van der Waals surface area (Å²) in [4.78, 5) is 13.7. The van der Waals surface area contributed by atoms with E-state index in [1.54, 1.807) is 17.0 Å². The summed E-state index contributed by atoms with van der Waals surface area (Å²) in [6, 6.07) is 9.18. The van der Waals surface area contributed by atoms with Gasteiger partial charge in [-0.1, -0.05) is 18.2 Å². The minimum atomic E-state index is -0.274. The maximum Gasteiger partial charge on any atom is 0.415 e. The summed E-state index contributed by atoms with van der Waals surface area (Å²) in [6.45, 7) is 2.23. The van der Waals surface area contributed by atoms with E-state index in [0.29, 0.717) is 12.3 Å². The van der Waals surface area contributed by atoms with Crippen molar-refractivity contribution in [2.45, 2.75) is 25.4 Å². The molecule has 3 rings (SSSR count). The molecule has 2 aliphatic rings. The maximum atomic E-state index is 12.0. The molecule has 4 heteroatoms. The monoisotopic (exact) mass is 261 g/mol. The van der Waals surface area contributed by atoms with E-state index in [-0.39, 0.29) is 12.2 Å². The summed E-state index contributed by atoms with van der Waals surface area (Å²) in [6.07, 6.45) is 3.42. The van der Waals surface area contributed by atoms with E-state index < -0.39 is 0 Å². The zero-order valence-electron chi connectivity index (χ0n) is 11.0. The molecule has 19 heavy (non-hydrogen) atoms. The lowest BCUT2D eigenvalue weighted by atomic mass is 10.3. The van der Waals surface area contributed by atoms with Gasteiger partial charge >= 0.3 is 6.09 Å². The Morgan fingerprint density at radius 2 is 2.00 bits per heavy atom. The molecular weight excluding hydrogens is 242 g/mol. The SMILES string of the molecule is O=C(Oc1ccccc1)N1CC[C@@H](OCC2CC2)C1. The van der Waals surface area contributed by atoms with Crippen molar-refractivity contribution < 1.29 is 14.3 Å². The van der Waals surface area contributed by atoms with Crippen molar-refractivity contribution in [3.05, 3.63) is 30.3 Å². The first-order valence-corrected chi connectivity index (χ1v) is 6.94. The molecule has 102 valence electrons. The van der Waals surface area contributed by atoms with E-state index in [1.807, 2.05) is 18.2 Å². The molecule has 0 N–H and O–H groups in total. The van der Waals surface area contributed by atoms with Crippen LogP contribution in [-0.2, 0) is 4.74 Å². The van der Waals surface area contributed by atoms with Gasteiger partial charge < -0.3 is 14.4 Å². The molecule has 1 saturated heterocycles. The summed E-state index contributed by atoms with van der Waals surface area (Å²) in [5, 5.41) is 0. The van der Waals surface area contributed by atoms with Gasteiger partial charge in [0.1, 0.15) is 5.75 Å². The van der Waals surface area contributed by atoms with Crippen molar-refractivity contribution >= 4 is 6.09 Å². The number of nitrogens with zero attached hydrogens (tertiary/aromatic N) is 1. The predicted octanol–water partition coefficient (Wildman–Crippen LogP) is 2.69. The highest BCUT2D eigenvalue weighted by atomic mass is 16.6. The molecule has 1 atom stereocenters. The summed E-state index contributed by atoms with van der Waals surface area (Å²) in [7, 11) is 0. The van der Waals surface area contributed by atoms with Gasteiger partial charge in [0.2, 0.25) is 0 Å². The Kier molecular flexibility index (Phi) is 3.69. The highest BCUT2D eigenvalue weighted by Crippen LogP contribution is 2.30. The Hall–Kier alpha value is -1.55. The molecule has 0 unspecified atom stereocenters. The molecule has 0 radical (unpaired) electrons. The summed E-state index contributed by atoms with van der Waals surface area (Å²) < 4.78 is 11.1. The van der Waals surface area contributed by atoms with E-state index in [4.69, 9.17) is 9.47 Å². The van der Waals surface area contributed by atoms with Gasteiger partial charge in [-0.2, -0.15) is 0 Å². The number of para-hydroxylation sites is 1. The highest BCUT2D eigenvalue weighted by Gasteiger charge is 2.30. The molecule has 0 spiro atoms. The number of carbonyl (C=O) groups excluding carboxylic acids is 1. The van der Waals surface area contributed by atoms with Gasteiger partial charge in [0.05, 0.1) is 12.6 Å². The smallest absolute Gasteiger partial charge is 0.410 e. The summed E-state index contributed by atoms with van der Waals surface area (Å²) in [5.41, 5.74) is 0. The van der Waals surface area contributed by atoms with Gasteiger partial charge in [-0.15, -0.1) is 0 Å². The van der Waals surface area contributed by atoms with Crippen LogP contribution in [0.1, 0.15) is 19.3 Å². The van der Waals surface area contributed by atoms with Crippen molar-refractivity contribution in [3.63, 3.8) is 0 Å². The minimum Gasteiger partial charge on any atom is -0.410 e. The van der Waals surface area contributed by atoms with Crippen LogP contribution >= 0.6 is 0 Å². The lowest BCUT2D eigenvalue weighted by Gasteiger charge is -2.16. The summed E-state index contributed by atoms with van der Waals surface area (Å²) >= 11 is 0. The second-order valence-electron chi connectivity index (χ2n) is 5.31. The van der Waals surface area contributed by atoms with Crippen LogP contribution in [-0.4, -0.2) is 36.8 Å². The largest absolute Gasteiger partial charge is 0.415 e. The Balaban J connectivity index is 1.45. The topological polar surface area (TPSA) is 38.8 Å². The van der Waals surface area contributed by atoms with Crippen molar-refractivity contribution in [1.29, 1.82) is 0 Å². The fourth-order valence-corrected chi connectivity index (χ4v) is 2.24. The van der Waals surface area contributed by atoms with Crippen LogP contribution in [0.3, 0.4) is 0 Å². The average Bonchev–Trinajstić information content (AvgIpc) is 3.14. The van der Waals surface area contributed by atoms with Crippen LogP contribution in [0, 0.1) is 5.92 Å². The second-order valence-corrected chi connectivity index (χ2v) is 5.31. The van der Waals surface area contributed by atoms with Crippen LogP contribution in [0.25, 0.3) is 0 Å². The molecule has 2 fully saturated rings. The molecule has 1 aromatic carbocycles. The first-order valence-electron chi connectivity index (χ1n) is 6.94. The predicted molar refractivity (Wildman–Crippen MR) is 71.1 cm³/mol. The number of likely N-dealkylation sites (tertiary alicyclic amines) is 1. The molecule has 4 nitrogen and oxygen atoms in total. The second kappa shape index (κ2) is 5.61. The van der Waals surface area contributed by atoms with Crippen LogP contribution in [0.4, 0.5) is 4.79 Å². The number of carbonyl (C=O) groups is 1. The minimum absolute atomic E-state index is 0.184. The van der Waals surface area contributed by atoms with Crippen LogP contribution in [0.5, 0.6) is 5.75 Å². The normalized spacial score (nSPS) is 22.5. The zero-order valence-corrected chi connectivity index (χ0v) is 11.0. The fourth-order valence-electron chi connectivity index (χ4n) is 2.24. The van der Waals surface area contributed by atoms with Crippen molar-refractivity contribution in [2.75, 3.05) is 19.7 Å². The van der Waals surface area contributed by atoms with E-state index in [1.165, 1.54) is 12.8 Å². The third-order valence-electron chi connectivity index (χ3n) is 3.62. The van der Waals surface area contributed by atoms with Gasteiger partial charge in [0, 0.05) is 13.2 Å². The lowest BCUT2D eigenvalue weighted by Crippen LogP contribution is -2.32. The summed E-state index contributed by atoms with van der Waals surface area (Å²) in [5.74, 6) is 1.36. The molecule has 1 heterocycles. The van der Waals surface area contributed by atoms with Crippen molar-refractivity contribution in [3.8, 4) is 5.75 Å². The van der Waals surface area contributed by atoms with Crippen LogP contribution in [0.2, 0.25) is 0 Å². The molecule has 1 saturated carbocycles. The number of amides is 1. The standard InChI is InChI=1S/C15H19NO3/c17-15(19-13-4-2-1-3-5-13)16-9-8-14(10-16)18-11-12-6-7-12/h1-5,12,14H,6-11H2/t14-/m1/s1. The first-order chi connectivity index (χ1) is 9.31. The third kappa shape index (κ3) is 3.47. The van der Waals surface area contributed by atoms with Crippen LogP contribution in [0.15, 0.2) is 30.3 Å². The molecule has 1 aliphatic heterocycles. The highest BCUT2D eigenvalue weighted by molar-refractivity contribution is 5.71. The third-order valence-corrected chi connectivity index (χ3v) is 3.62. The quantitative estimate of drug-likeness (QED) is 0.836. The van der Waals surface area contributed by atoms with E-state index in [0.717, 1.165) is 25.5 Å². The van der Waals surface area contributed by atoms with Crippen molar-refractivity contribution in [1.82, 2.24) is 4.90 Å². The molecule has 1 amide bonds. The number of hydrogen-bond donors (Lipinski definition) is 0. The number of ether oxygens (including phenoxy) is 2. The average molecular weight is 261 g/mol. The van der Waals surface area contributed by atoms with Crippen molar-refractivity contribution in [2.24, 2.45) is 5.92 Å². The van der Waals surface area contributed by atoms with Gasteiger partial charge in [0.15, 0.2) is 0 Å². The Labute approximate surface area is 113 Å². The molecule has 0 aromatic heterocycles. The zero-order chi connectivity index (χ0) is 13.1. The molecular formula is C15H19NO3. The number of hydrogen-bond acceptors (Lipinski definition) is 3. The Morgan fingerprint density at radius 3 is 2.74 bits per heavy atom. The Morgan fingerprint density at radius 1 is 1.21 bits per heavy atom. The number of benzene rings is 1. The molecule has 1 aliphatic carbocycles. The fraction of sp³-hybridized carbons (Fsp3) is 0.533. The van der Waals surface area contributed by atoms with E-state index in [9.17, 15) is 4.79 Å². The first kappa shape index (κ1) is 12.5.